The normalized spacial score (nSPS) is 19.0. The molecule has 1 aliphatic carbocycles. The van der Waals surface area contributed by atoms with E-state index < -0.39 is 11.9 Å². The lowest BCUT2D eigenvalue weighted by Gasteiger charge is -2.26. The summed E-state index contributed by atoms with van der Waals surface area (Å²) in [6, 6.07) is 6.42. The highest BCUT2D eigenvalue weighted by Crippen LogP contribution is 2.33. The summed E-state index contributed by atoms with van der Waals surface area (Å²) in [4.78, 5) is 18.8. The second-order valence-electron chi connectivity index (χ2n) is 7.97. The van der Waals surface area contributed by atoms with Crippen molar-refractivity contribution in [1.29, 1.82) is 0 Å². The molecule has 0 bridgehead atoms. The van der Waals surface area contributed by atoms with Crippen LogP contribution in [-0.2, 0) is 11.0 Å². The lowest BCUT2D eigenvalue weighted by Crippen LogP contribution is -2.28. The number of aromatic nitrogens is 5. The summed E-state index contributed by atoms with van der Waals surface area (Å²) in [5.74, 6) is -0.490. The van der Waals surface area contributed by atoms with Gasteiger partial charge in [0.1, 0.15) is 11.4 Å². The van der Waals surface area contributed by atoms with E-state index in [1.54, 1.807) is 16.8 Å². The Bertz CT molecular complexity index is 1120. The third-order valence-electron chi connectivity index (χ3n) is 5.56. The lowest BCUT2D eigenvalue weighted by molar-refractivity contribution is -0.141. The van der Waals surface area contributed by atoms with Crippen molar-refractivity contribution in [2.24, 2.45) is 11.7 Å². The monoisotopic (exact) mass is 445 g/mol. The summed E-state index contributed by atoms with van der Waals surface area (Å²) in [5, 5.41) is 11.3. The maximum Gasteiger partial charge on any atom is 0.433 e. The minimum Gasteiger partial charge on any atom is -0.369 e. The molecule has 2 heterocycles. The minimum atomic E-state index is -4.55. The Hall–Kier alpha value is -3.50. The van der Waals surface area contributed by atoms with Crippen LogP contribution in [0.15, 0.2) is 36.7 Å². The molecule has 1 fully saturated rings. The predicted octanol–water partition coefficient (Wildman–Crippen LogP) is 4.02. The fraction of sp³-hybridized carbons (Fsp3) is 0.381. The maximum absolute atomic E-state index is 12.9. The molecule has 168 valence electrons. The van der Waals surface area contributed by atoms with Crippen LogP contribution in [-0.4, -0.2) is 30.9 Å². The van der Waals surface area contributed by atoms with Crippen molar-refractivity contribution in [2.75, 3.05) is 5.32 Å². The van der Waals surface area contributed by atoms with Crippen molar-refractivity contribution in [3.8, 4) is 11.3 Å². The number of halogens is 3. The zero-order chi connectivity index (χ0) is 22.9. The summed E-state index contributed by atoms with van der Waals surface area (Å²) >= 11 is 0. The van der Waals surface area contributed by atoms with Crippen LogP contribution in [0, 0.1) is 12.8 Å². The topological polar surface area (TPSA) is 112 Å². The highest BCUT2D eigenvalue weighted by Gasteiger charge is 2.32. The third kappa shape index (κ3) is 4.87. The van der Waals surface area contributed by atoms with E-state index in [0.717, 1.165) is 49.1 Å². The Morgan fingerprint density at radius 2 is 1.94 bits per heavy atom. The Kier molecular flexibility index (Phi) is 5.81. The molecule has 2 aromatic heterocycles. The molecular weight excluding hydrogens is 423 g/mol. The number of rotatable bonds is 5. The van der Waals surface area contributed by atoms with E-state index in [1.165, 1.54) is 0 Å². The van der Waals surface area contributed by atoms with Crippen LogP contribution in [0.25, 0.3) is 11.3 Å². The van der Waals surface area contributed by atoms with E-state index in [9.17, 15) is 18.0 Å². The van der Waals surface area contributed by atoms with Crippen molar-refractivity contribution in [3.63, 3.8) is 0 Å². The van der Waals surface area contributed by atoms with Crippen LogP contribution in [0.3, 0.4) is 0 Å². The number of nitrogens with zero attached hydrogens (tertiary/aromatic N) is 5. The Morgan fingerprint density at radius 3 is 2.62 bits per heavy atom. The molecule has 0 radical (unpaired) electrons. The van der Waals surface area contributed by atoms with Gasteiger partial charge in [0, 0.05) is 23.4 Å². The molecule has 1 saturated carbocycles. The zero-order valence-electron chi connectivity index (χ0n) is 17.3. The fourth-order valence-corrected chi connectivity index (χ4v) is 3.92. The van der Waals surface area contributed by atoms with Crippen molar-refractivity contribution in [2.45, 2.75) is 44.8 Å². The number of carbonyl (C=O) groups excluding carboxylic acids is 1. The van der Waals surface area contributed by atoms with Gasteiger partial charge >= 0.3 is 6.18 Å². The van der Waals surface area contributed by atoms with E-state index in [4.69, 9.17) is 5.73 Å². The minimum absolute atomic E-state index is 0.0854. The van der Waals surface area contributed by atoms with Gasteiger partial charge in [-0.15, -0.1) is 5.10 Å². The quantitative estimate of drug-likeness (QED) is 0.614. The summed E-state index contributed by atoms with van der Waals surface area (Å²) in [5.41, 5.74) is 7.20. The summed E-state index contributed by atoms with van der Waals surface area (Å²) in [6.07, 6.45) is 1.40. The molecule has 11 heteroatoms. The largest absolute Gasteiger partial charge is 0.433 e. The van der Waals surface area contributed by atoms with Crippen LogP contribution in [0.5, 0.6) is 0 Å². The standard InChI is InChI=1S/C21H22F3N7O/c1-12-8-14(10-15(9-12)27-20-26-7-6-18(28-20)21(22,23)24)17-11-31(30-29-17)16-4-2-13(3-5-16)19(25)32/h6-11,13,16H,2-5H2,1H3,(H2,25,32)(H,26,27,28). The number of carbonyl (C=O) groups is 1. The molecule has 1 aromatic carbocycles. The number of benzene rings is 1. The summed E-state index contributed by atoms with van der Waals surface area (Å²) < 4.78 is 40.5. The fourth-order valence-electron chi connectivity index (χ4n) is 3.92. The van der Waals surface area contributed by atoms with Crippen LogP contribution >= 0.6 is 0 Å². The second kappa shape index (κ2) is 8.56. The molecule has 3 aromatic rings. The number of amides is 1. The SMILES string of the molecule is Cc1cc(Nc2nccc(C(F)(F)F)n2)cc(-c2cn(C3CCC(C(N)=O)CC3)nn2)c1. The first-order valence-electron chi connectivity index (χ1n) is 10.2. The van der Waals surface area contributed by atoms with Crippen molar-refractivity contribution >= 4 is 17.5 Å². The van der Waals surface area contributed by atoms with Crippen LogP contribution in [0.2, 0.25) is 0 Å². The molecule has 4 rings (SSSR count). The second-order valence-corrected chi connectivity index (χ2v) is 7.97. The number of anilines is 2. The molecule has 8 nitrogen and oxygen atoms in total. The molecular formula is C21H22F3N7O. The average Bonchev–Trinajstić information content (AvgIpc) is 3.23. The van der Waals surface area contributed by atoms with E-state index >= 15 is 0 Å². The van der Waals surface area contributed by atoms with Gasteiger partial charge in [0.05, 0.1) is 12.2 Å². The predicted molar refractivity (Wildman–Crippen MR) is 111 cm³/mol. The van der Waals surface area contributed by atoms with Crippen molar-refractivity contribution in [1.82, 2.24) is 25.0 Å². The molecule has 0 saturated heterocycles. The number of alkyl halides is 3. The van der Waals surface area contributed by atoms with Gasteiger partial charge in [0.15, 0.2) is 0 Å². The molecule has 0 unspecified atom stereocenters. The maximum atomic E-state index is 12.9. The van der Waals surface area contributed by atoms with E-state index in [0.29, 0.717) is 11.4 Å². The first-order valence-corrected chi connectivity index (χ1v) is 10.2. The van der Waals surface area contributed by atoms with Crippen LogP contribution < -0.4 is 11.1 Å². The molecule has 3 N–H and O–H groups in total. The highest BCUT2D eigenvalue weighted by molar-refractivity contribution is 5.76. The molecule has 1 aliphatic rings. The van der Waals surface area contributed by atoms with Gasteiger partial charge in [0.25, 0.3) is 0 Å². The first kappa shape index (κ1) is 21.7. The number of hydrogen-bond donors (Lipinski definition) is 2. The van der Waals surface area contributed by atoms with Gasteiger partial charge in [-0.1, -0.05) is 5.21 Å². The Labute approximate surface area is 182 Å². The molecule has 0 aliphatic heterocycles. The summed E-state index contributed by atoms with van der Waals surface area (Å²) in [7, 11) is 0. The van der Waals surface area contributed by atoms with Crippen LogP contribution in [0.4, 0.5) is 24.8 Å². The lowest BCUT2D eigenvalue weighted by atomic mass is 9.86. The van der Waals surface area contributed by atoms with Gasteiger partial charge in [0.2, 0.25) is 11.9 Å². The zero-order valence-corrected chi connectivity index (χ0v) is 17.3. The molecule has 0 atom stereocenters. The number of primary amides is 1. The van der Waals surface area contributed by atoms with E-state index in [2.05, 4.69) is 25.6 Å². The number of nitrogens with two attached hydrogens (primary N) is 1. The Morgan fingerprint density at radius 1 is 1.19 bits per heavy atom. The third-order valence-corrected chi connectivity index (χ3v) is 5.56. The van der Waals surface area contributed by atoms with Crippen molar-refractivity contribution in [3.05, 3.63) is 47.9 Å². The van der Waals surface area contributed by atoms with Gasteiger partial charge in [-0.25, -0.2) is 14.6 Å². The van der Waals surface area contributed by atoms with Crippen LogP contribution in [0.1, 0.15) is 43.0 Å². The van der Waals surface area contributed by atoms with Crippen molar-refractivity contribution < 1.29 is 18.0 Å². The van der Waals surface area contributed by atoms with E-state index in [1.807, 2.05) is 19.2 Å². The first-order chi connectivity index (χ1) is 15.2. The number of aryl methyl sites for hydroxylation is 1. The molecule has 0 spiro atoms. The van der Waals surface area contributed by atoms with Gasteiger partial charge in [-0.2, -0.15) is 13.2 Å². The van der Waals surface area contributed by atoms with Gasteiger partial charge in [-0.3, -0.25) is 4.79 Å². The smallest absolute Gasteiger partial charge is 0.369 e. The summed E-state index contributed by atoms with van der Waals surface area (Å²) in [6.45, 7) is 1.87. The van der Waals surface area contributed by atoms with E-state index in [-0.39, 0.29) is 23.8 Å². The Balaban J connectivity index is 1.52. The number of hydrogen-bond acceptors (Lipinski definition) is 6. The van der Waals surface area contributed by atoms with Gasteiger partial charge in [-0.05, 0) is 62.4 Å². The molecule has 32 heavy (non-hydrogen) atoms. The molecule has 1 amide bonds. The highest BCUT2D eigenvalue weighted by atomic mass is 19.4. The van der Waals surface area contributed by atoms with Gasteiger partial charge < -0.3 is 11.1 Å². The average molecular weight is 445 g/mol. The number of nitrogens with one attached hydrogen (secondary N) is 1.